The predicted molar refractivity (Wildman–Crippen MR) is 147 cm³/mol. The van der Waals surface area contributed by atoms with Crippen molar-refractivity contribution in [1.29, 1.82) is 0 Å². The lowest BCUT2D eigenvalue weighted by molar-refractivity contribution is -0.0169. The number of benzene rings is 1. The maximum absolute atomic E-state index is 6.63. The van der Waals surface area contributed by atoms with E-state index in [9.17, 15) is 0 Å². The molecule has 1 fully saturated rings. The highest BCUT2D eigenvalue weighted by Gasteiger charge is 2.40. The van der Waals surface area contributed by atoms with Gasteiger partial charge in [-0.25, -0.2) is 9.97 Å². The van der Waals surface area contributed by atoms with Crippen LogP contribution in [0, 0.1) is 0 Å². The second-order valence-corrected chi connectivity index (χ2v) is 9.41. The fourth-order valence-electron chi connectivity index (χ4n) is 3.95. The maximum atomic E-state index is 6.63. The molecule has 0 atom stereocenters. The SMILES string of the molecule is CCCOCC.COc1cc(OC)c(Cl)c(-c2cc3cnc(N)cc3c(N3CC(C)(OC)C3)n2)c1Cl. The van der Waals surface area contributed by atoms with Crippen molar-refractivity contribution < 1.29 is 18.9 Å². The van der Waals surface area contributed by atoms with Crippen LogP contribution in [0.2, 0.25) is 10.0 Å². The lowest BCUT2D eigenvalue weighted by Gasteiger charge is -2.47. The third-order valence-electron chi connectivity index (χ3n) is 5.94. The predicted octanol–water partition coefficient (Wildman–Crippen LogP) is 5.86. The molecule has 2 aromatic heterocycles. The molecule has 0 unspecified atom stereocenters. The van der Waals surface area contributed by atoms with Gasteiger partial charge < -0.3 is 29.6 Å². The molecule has 0 radical (unpaired) electrons. The zero-order valence-corrected chi connectivity index (χ0v) is 23.2. The lowest BCUT2D eigenvalue weighted by atomic mass is 9.95. The Morgan fingerprint density at radius 2 is 1.67 bits per heavy atom. The number of aromatic nitrogens is 2. The Kier molecular flexibility index (Phi) is 9.47. The molecular formula is C26H34Cl2N4O4. The van der Waals surface area contributed by atoms with E-state index in [1.165, 1.54) is 14.2 Å². The molecule has 4 rings (SSSR count). The lowest BCUT2D eigenvalue weighted by Crippen LogP contribution is -2.61. The number of hydrogen-bond donors (Lipinski definition) is 1. The van der Waals surface area contributed by atoms with Gasteiger partial charge in [0, 0.05) is 62.0 Å². The normalized spacial score (nSPS) is 14.2. The van der Waals surface area contributed by atoms with Crippen LogP contribution in [0.5, 0.6) is 11.5 Å². The smallest absolute Gasteiger partial charge is 0.141 e. The third-order valence-corrected chi connectivity index (χ3v) is 6.69. The van der Waals surface area contributed by atoms with Crippen molar-refractivity contribution in [2.45, 2.75) is 32.8 Å². The first-order chi connectivity index (χ1) is 17.2. The molecule has 196 valence electrons. The van der Waals surface area contributed by atoms with Crippen molar-refractivity contribution in [1.82, 2.24) is 9.97 Å². The minimum atomic E-state index is -0.225. The molecule has 0 spiro atoms. The van der Waals surface area contributed by atoms with Crippen LogP contribution in [0.25, 0.3) is 22.0 Å². The molecule has 36 heavy (non-hydrogen) atoms. The van der Waals surface area contributed by atoms with Gasteiger partial charge in [0.1, 0.15) is 23.1 Å². The second-order valence-electron chi connectivity index (χ2n) is 8.65. The van der Waals surface area contributed by atoms with Crippen molar-refractivity contribution in [3.8, 4) is 22.8 Å². The standard InChI is InChI=1S/C21H22Cl2N4O3.C5H12O/c1-21(30-4)9-27(10-21)20-12-6-16(24)25-8-11(12)5-13(26-20)17-18(22)14(28-2)7-15(29-3)19(17)23;1-3-5-6-4-2/h5-8H,9-10H2,1-4H3,(H2,24,25);3-5H2,1-2H3. The van der Waals surface area contributed by atoms with E-state index in [0.717, 1.165) is 36.2 Å². The molecule has 0 amide bonds. The summed E-state index contributed by atoms with van der Waals surface area (Å²) in [4.78, 5) is 11.3. The Labute approximate surface area is 222 Å². The molecule has 0 bridgehead atoms. The summed E-state index contributed by atoms with van der Waals surface area (Å²) in [6.45, 7) is 9.34. The number of pyridine rings is 2. The summed E-state index contributed by atoms with van der Waals surface area (Å²) >= 11 is 13.3. The van der Waals surface area contributed by atoms with E-state index < -0.39 is 0 Å². The Morgan fingerprint density at radius 1 is 1.03 bits per heavy atom. The molecular weight excluding hydrogens is 503 g/mol. The van der Waals surface area contributed by atoms with Gasteiger partial charge in [0.05, 0.1) is 35.6 Å². The first-order valence-electron chi connectivity index (χ1n) is 11.8. The van der Waals surface area contributed by atoms with Gasteiger partial charge in [0.2, 0.25) is 0 Å². The Bertz CT molecular complexity index is 1170. The Hall–Kier alpha value is -2.52. The Morgan fingerprint density at radius 3 is 2.17 bits per heavy atom. The molecule has 1 aromatic carbocycles. The molecule has 3 heterocycles. The fraction of sp³-hybridized carbons (Fsp3) is 0.462. The molecule has 3 aromatic rings. The van der Waals surface area contributed by atoms with Crippen LogP contribution in [0.15, 0.2) is 24.4 Å². The molecule has 0 saturated carbocycles. The molecule has 2 N–H and O–H groups in total. The van der Waals surface area contributed by atoms with Gasteiger partial charge in [-0.15, -0.1) is 0 Å². The van der Waals surface area contributed by atoms with Gasteiger partial charge in [-0.3, -0.25) is 0 Å². The number of anilines is 2. The monoisotopic (exact) mass is 536 g/mol. The summed E-state index contributed by atoms with van der Waals surface area (Å²) in [5, 5.41) is 2.47. The van der Waals surface area contributed by atoms with Gasteiger partial charge in [0.15, 0.2) is 0 Å². The van der Waals surface area contributed by atoms with E-state index in [0.29, 0.717) is 51.7 Å². The minimum Gasteiger partial charge on any atom is -0.495 e. The molecule has 8 nitrogen and oxygen atoms in total. The van der Waals surface area contributed by atoms with Crippen molar-refractivity contribution in [3.05, 3.63) is 34.4 Å². The van der Waals surface area contributed by atoms with Crippen LogP contribution in [-0.2, 0) is 9.47 Å². The molecule has 10 heteroatoms. The quantitative estimate of drug-likeness (QED) is 0.357. The van der Waals surface area contributed by atoms with Gasteiger partial charge in [0.25, 0.3) is 0 Å². The number of ether oxygens (including phenoxy) is 4. The van der Waals surface area contributed by atoms with Crippen LogP contribution < -0.4 is 20.1 Å². The first kappa shape index (κ1) is 28.1. The van der Waals surface area contributed by atoms with Crippen LogP contribution in [0.1, 0.15) is 27.2 Å². The van der Waals surface area contributed by atoms with E-state index in [1.54, 1.807) is 19.4 Å². The van der Waals surface area contributed by atoms with E-state index in [1.807, 2.05) is 19.1 Å². The number of hydrogen-bond acceptors (Lipinski definition) is 8. The van der Waals surface area contributed by atoms with E-state index in [-0.39, 0.29) is 5.60 Å². The van der Waals surface area contributed by atoms with Gasteiger partial charge in [-0.1, -0.05) is 30.1 Å². The molecule has 1 saturated heterocycles. The van der Waals surface area contributed by atoms with Crippen LogP contribution in [0.3, 0.4) is 0 Å². The van der Waals surface area contributed by atoms with Gasteiger partial charge in [-0.05, 0) is 32.4 Å². The Balaban J connectivity index is 0.000000538. The zero-order chi connectivity index (χ0) is 26.5. The average Bonchev–Trinajstić information content (AvgIpc) is 2.86. The van der Waals surface area contributed by atoms with Crippen molar-refractivity contribution in [2.75, 3.05) is 58.3 Å². The molecule has 1 aliphatic rings. The van der Waals surface area contributed by atoms with Crippen LogP contribution in [-0.4, -0.2) is 63.2 Å². The zero-order valence-electron chi connectivity index (χ0n) is 21.7. The number of nitrogens with two attached hydrogens (primary N) is 1. The average molecular weight is 537 g/mol. The van der Waals surface area contributed by atoms with Crippen molar-refractivity contribution in [3.63, 3.8) is 0 Å². The summed E-state index contributed by atoms with van der Waals surface area (Å²) in [6, 6.07) is 5.35. The number of halogens is 2. The largest absolute Gasteiger partial charge is 0.495 e. The number of rotatable bonds is 8. The summed E-state index contributed by atoms with van der Waals surface area (Å²) in [5.41, 5.74) is 6.84. The summed E-state index contributed by atoms with van der Waals surface area (Å²) < 4.78 is 21.4. The second kappa shape index (κ2) is 12.1. The topological polar surface area (TPSA) is 92.0 Å². The number of nitrogens with zero attached hydrogens (tertiary/aromatic N) is 3. The highest BCUT2D eigenvalue weighted by molar-refractivity contribution is 6.41. The highest BCUT2D eigenvalue weighted by atomic mass is 35.5. The summed E-state index contributed by atoms with van der Waals surface area (Å²) in [7, 11) is 4.79. The minimum absolute atomic E-state index is 0.225. The highest BCUT2D eigenvalue weighted by Crippen LogP contribution is 2.47. The van der Waals surface area contributed by atoms with Crippen LogP contribution in [0.4, 0.5) is 11.6 Å². The van der Waals surface area contributed by atoms with E-state index in [2.05, 4.69) is 23.7 Å². The maximum Gasteiger partial charge on any atom is 0.141 e. The molecule has 1 aliphatic heterocycles. The van der Waals surface area contributed by atoms with Gasteiger partial charge in [-0.2, -0.15) is 0 Å². The van der Waals surface area contributed by atoms with Crippen molar-refractivity contribution >= 4 is 45.6 Å². The number of fused-ring (bicyclic) bond motifs is 1. The number of nitrogen functional groups attached to an aromatic ring is 1. The number of methoxy groups -OCH3 is 3. The summed E-state index contributed by atoms with van der Waals surface area (Å²) in [5.74, 6) is 2.08. The first-order valence-corrected chi connectivity index (χ1v) is 12.5. The van der Waals surface area contributed by atoms with Crippen LogP contribution >= 0.6 is 23.2 Å². The van der Waals surface area contributed by atoms with Gasteiger partial charge >= 0.3 is 0 Å². The third kappa shape index (κ3) is 5.89. The fourth-order valence-corrected chi connectivity index (χ4v) is 4.65. The molecule has 0 aliphatic carbocycles. The van der Waals surface area contributed by atoms with Crippen molar-refractivity contribution in [2.24, 2.45) is 0 Å². The van der Waals surface area contributed by atoms with E-state index in [4.69, 9.17) is 52.9 Å². The summed E-state index contributed by atoms with van der Waals surface area (Å²) in [6.07, 6.45) is 2.85. The van der Waals surface area contributed by atoms with E-state index >= 15 is 0 Å².